The summed E-state index contributed by atoms with van der Waals surface area (Å²) in [5, 5.41) is 21.2. The lowest BCUT2D eigenvalue weighted by molar-refractivity contribution is 0.419. The molecule has 2 N–H and O–H groups in total. The lowest BCUT2D eigenvalue weighted by atomic mass is 9.78. The molecule has 2 aromatic rings. The van der Waals surface area contributed by atoms with Crippen molar-refractivity contribution in [2.45, 2.75) is 13.8 Å². The van der Waals surface area contributed by atoms with E-state index >= 15 is 0 Å². The van der Waals surface area contributed by atoms with Gasteiger partial charge in [-0.1, -0.05) is 48.6 Å². The van der Waals surface area contributed by atoms with E-state index < -0.39 is 7.12 Å². The first-order valence-corrected chi connectivity index (χ1v) is 7.96. The van der Waals surface area contributed by atoms with Crippen molar-refractivity contribution < 1.29 is 10.0 Å². The van der Waals surface area contributed by atoms with E-state index in [0.29, 0.717) is 5.47 Å². The molecule has 0 aliphatic carbocycles. The molecule has 0 saturated heterocycles. The van der Waals surface area contributed by atoms with Crippen LogP contribution in [0.4, 0.5) is 0 Å². The Labute approximate surface area is 142 Å². The fourth-order valence-electron chi connectivity index (χ4n) is 2.77. The Kier molecular flexibility index (Phi) is 4.70. The SMILES string of the molecule is CC=C1C=CC(B(O)O)=CN1/C=C(\C)c1ccc2ccccc2c1. The highest BCUT2D eigenvalue weighted by atomic mass is 16.4. The van der Waals surface area contributed by atoms with Crippen molar-refractivity contribution in [1.29, 1.82) is 0 Å². The molecular formula is C20H20BNO2. The molecule has 24 heavy (non-hydrogen) atoms. The minimum atomic E-state index is -1.48. The molecule has 1 aliphatic rings. The first-order chi connectivity index (χ1) is 11.6. The van der Waals surface area contributed by atoms with Gasteiger partial charge in [-0.25, -0.2) is 0 Å². The van der Waals surface area contributed by atoms with Crippen LogP contribution >= 0.6 is 0 Å². The molecular weight excluding hydrogens is 297 g/mol. The van der Waals surface area contributed by atoms with Crippen LogP contribution in [0.15, 0.2) is 84.3 Å². The zero-order chi connectivity index (χ0) is 17.1. The topological polar surface area (TPSA) is 43.7 Å². The first-order valence-electron chi connectivity index (χ1n) is 7.96. The Morgan fingerprint density at radius 3 is 2.50 bits per heavy atom. The van der Waals surface area contributed by atoms with Crippen LogP contribution < -0.4 is 0 Å². The molecule has 120 valence electrons. The maximum Gasteiger partial charge on any atom is 0.489 e. The van der Waals surface area contributed by atoms with Crippen molar-refractivity contribution in [3.8, 4) is 0 Å². The summed E-state index contributed by atoms with van der Waals surface area (Å²) in [7, 11) is -1.48. The summed E-state index contributed by atoms with van der Waals surface area (Å²) in [5.41, 5.74) is 3.68. The van der Waals surface area contributed by atoms with Crippen LogP contribution in [0.25, 0.3) is 16.3 Å². The predicted molar refractivity (Wildman–Crippen MR) is 101 cm³/mol. The number of fused-ring (bicyclic) bond motifs is 1. The first kappa shape index (κ1) is 16.3. The zero-order valence-electron chi connectivity index (χ0n) is 13.8. The fraction of sp³-hybridized carbons (Fsp3) is 0.100. The van der Waals surface area contributed by atoms with Gasteiger partial charge in [-0.15, -0.1) is 0 Å². The molecule has 3 rings (SSSR count). The van der Waals surface area contributed by atoms with Gasteiger partial charge < -0.3 is 14.9 Å². The summed E-state index contributed by atoms with van der Waals surface area (Å²) >= 11 is 0. The van der Waals surface area contributed by atoms with Crippen molar-refractivity contribution in [3.63, 3.8) is 0 Å². The Bertz CT molecular complexity index is 878. The number of rotatable bonds is 3. The van der Waals surface area contributed by atoms with Gasteiger partial charge in [0.15, 0.2) is 0 Å². The highest BCUT2D eigenvalue weighted by molar-refractivity contribution is 6.51. The molecule has 2 aromatic carbocycles. The number of benzene rings is 2. The van der Waals surface area contributed by atoms with Crippen molar-refractivity contribution in [2.75, 3.05) is 0 Å². The average Bonchev–Trinajstić information content (AvgIpc) is 2.61. The van der Waals surface area contributed by atoms with Gasteiger partial charge in [-0.2, -0.15) is 0 Å². The van der Waals surface area contributed by atoms with Crippen LogP contribution in [0, 0.1) is 0 Å². The lowest BCUT2D eigenvalue weighted by Crippen LogP contribution is -2.21. The van der Waals surface area contributed by atoms with Gasteiger partial charge in [0.2, 0.25) is 0 Å². The largest absolute Gasteiger partial charge is 0.489 e. The number of nitrogens with zero attached hydrogens (tertiary/aromatic N) is 1. The molecule has 0 aromatic heterocycles. The summed E-state index contributed by atoms with van der Waals surface area (Å²) in [6.45, 7) is 4.01. The summed E-state index contributed by atoms with van der Waals surface area (Å²) in [6.07, 6.45) is 9.32. The average molecular weight is 317 g/mol. The van der Waals surface area contributed by atoms with Gasteiger partial charge in [-0.05, 0) is 53.4 Å². The Morgan fingerprint density at radius 1 is 1.04 bits per heavy atom. The van der Waals surface area contributed by atoms with E-state index in [4.69, 9.17) is 0 Å². The Morgan fingerprint density at radius 2 is 1.79 bits per heavy atom. The molecule has 0 radical (unpaired) electrons. The van der Waals surface area contributed by atoms with Gasteiger partial charge in [0.25, 0.3) is 0 Å². The zero-order valence-corrected chi connectivity index (χ0v) is 13.8. The molecule has 1 aliphatic heterocycles. The van der Waals surface area contributed by atoms with Crippen molar-refractivity contribution in [1.82, 2.24) is 4.90 Å². The van der Waals surface area contributed by atoms with E-state index in [9.17, 15) is 10.0 Å². The van der Waals surface area contributed by atoms with Gasteiger partial charge >= 0.3 is 7.12 Å². The van der Waals surface area contributed by atoms with E-state index in [1.807, 2.05) is 42.3 Å². The van der Waals surface area contributed by atoms with E-state index in [2.05, 4.69) is 37.3 Å². The van der Waals surface area contributed by atoms with Gasteiger partial charge in [0.05, 0.1) is 0 Å². The summed E-state index contributed by atoms with van der Waals surface area (Å²) in [4.78, 5) is 1.92. The van der Waals surface area contributed by atoms with E-state index in [-0.39, 0.29) is 0 Å². The van der Waals surface area contributed by atoms with Crippen LogP contribution in [0.3, 0.4) is 0 Å². The fourth-order valence-corrected chi connectivity index (χ4v) is 2.77. The molecule has 0 amide bonds. The smallest absolute Gasteiger partial charge is 0.423 e. The normalized spacial score (nSPS) is 16.7. The van der Waals surface area contributed by atoms with Gasteiger partial charge in [-0.3, -0.25) is 0 Å². The van der Waals surface area contributed by atoms with Crippen LogP contribution in [-0.4, -0.2) is 22.1 Å². The van der Waals surface area contributed by atoms with E-state index in [0.717, 1.165) is 16.8 Å². The molecule has 0 saturated carbocycles. The molecule has 3 nitrogen and oxygen atoms in total. The van der Waals surface area contributed by atoms with Gasteiger partial charge in [0, 0.05) is 18.1 Å². The predicted octanol–water partition coefficient (Wildman–Crippen LogP) is 3.87. The second kappa shape index (κ2) is 6.91. The minimum absolute atomic E-state index is 0.461. The third-order valence-corrected chi connectivity index (χ3v) is 4.16. The number of allylic oxidation sites excluding steroid dienone is 5. The molecule has 4 heteroatoms. The molecule has 0 unspecified atom stereocenters. The second-order valence-electron chi connectivity index (χ2n) is 5.83. The van der Waals surface area contributed by atoms with Crippen LogP contribution in [0.1, 0.15) is 19.4 Å². The van der Waals surface area contributed by atoms with E-state index in [1.165, 1.54) is 10.8 Å². The molecule has 0 spiro atoms. The van der Waals surface area contributed by atoms with Crippen LogP contribution in [0.5, 0.6) is 0 Å². The lowest BCUT2D eigenvalue weighted by Gasteiger charge is -2.23. The monoisotopic (exact) mass is 317 g/mol. The number of hydrogen-bond acceptors (Lipinski definition) is 3. The standard InChI is InChI=1S/C20H20BNO2/c1-3-20-11-10-19(21(23)24)14-22(20)13-15(2)17-9-8-16-6-4-5-7-18(16)12-17/h3-14,23-24H,1-2H3/b15-13+,20-3?. The Balaban J connectivity index is 1.97. The summed E-state index contributed by atoms with van der Waals surface area (Å²) < 4.78 is 0. The van der Waals surface area contributed by atoms with Crippen molar-refractivity contribution >= 4 is 23.5 Å². The quantitative estimate of drug-likeness (QED) is 0.845. The third-order valence-electron chi connectivity index (χ3n) is 4.16. The second-order valence-corrected chi connectivity index (χ2v) is 5.83. The summed E-state index contributed by atoms with van der Waals surface area (Å²) in [6, 6.07) is 14.7. The molecule has 0 bridgehead atoms. The van der Waals surface area contributed by atoms with Gasteiger partial charge in [0.1, 0.15) is 0 Å². The highest BCUT2D eigenvalue weighted by Crippen LogP contribution is 2.24. The highest BCUT2D eigenvalue weighted by Gasteiger charge is 2.17. The maximum atomic E-state index is 9.39. The van der Waals surface area contributed by atoms with Crippen LogP contribution in [-0.2, 0) is 0 Å². The summed E-state index contributed by atoms with van der Waals surface area (Å²) in [5.74, 6) is 0. The molecule has 0 atom stereocenters. The minimum Gasteiger partial charge on any atom is -0.423 e. The van der Waals surface area contributed by atoms with Crippen LogP contribution in [0.2, 0.25) is 0 Å². The molecule has 1 heterocycles. The molecule has 0 fully saturated rings. The number of hydrogen-bond donors (Lipinski definition) is 2. The Hall–Kier alpha value is -2.56. The van der Waals surface area contributed by atoms with Crippen molar-refractivity contribution in [2.24, 2.45) is 0 Å². The van der Waals surface area contributed by atoms with E-state index in [1.54, 1.807) is 12.3 Å². The third kappa shape index (κ3) is 3.35. The van der Waals surface area contributed by atoms with Crippen molar-refractivity contribution in [3.05, 3.63) is 89.8 Å². The maximum absolute atomic E-state index is 9.39.